The first-order valence-electron chi connectivity index (χ1n) is 5.22. The van der Waals surface area contributed by atoms with E-state index in [1.807, 2.05) is 43.3 Å². The van der Waals surface area contributed by atoms with Gasteiger partial charge in [-0.25, -0.2) is 0 Å². The Bertz CT molecular complexity index is 478. The normalized spacial score (nSPS) is 10.1. The van der Waals surface area contributed by atoms with E-state index >= 15 is 0 Å². The van der Waals surface area contributed by atoms with E-state index < -0.39 is 0 Å². The number of rotatable bonds is 3. The summed E-state index contributed by atoms with van der Waals surface area (Å²) in [4.78, 5) is 0. The molecule has 1 N–H and O–H groups in total. The highest BCUT2D eigenvalue weighted by molar-refractivity contribution is 5.32. The molecule has 0 aromatic heterocycles. The molecule has 0 saturated carbocycles. The molecule has 0 radical (unpaired) electrons. The van der Waals surface area contributed by atoms with Crippen LogP contribution in [0.15, 0.2) is 48.5 Å². The van der Waals surface area contributed by atoms with Crippen molar-refractivity contribution in [3.63, 3.8) is 0 Å². The van der Waals surface area contributed by atoms with E-state index in [2.05, 4.69) is 0 Å². The summed E-state index contributed by atoms with van der Waals surface area (Å²) in [6.07, 6.45) is 0. The number of hydrogen-bond donors (Lipinski definition) is 1. The Morgan fingerprint density at radius 1 is 1.06 bits per heavy atom. The zero-order valence-corrected chi connectivity index (χ0v) is 9.18. The number of phenolic OH excluding ortho intramolecular Hbond substituents is 1. The Labute approximate surface area is 95.1 Å². The minimum atomic E-state index is 0.269. The highest BCUT2D eigenvalue weighted by Crippen LogP contribution is 2.19. The monoisotopic (exact) mass is 214 g/mol. The summed E-state index contributed by atoms with van der Waals surface area (Å²) in [6.45, 7) is 2.48. The Hall–Kier alpha value is -1.96. The van der Waals surface area contributed by atoms with Crippen LogP contribution in [0, 0.1) is 6.92 Å². The Morgan fingerprint density at radius 3 is 2.62 bits per heavy atom. The average Bonchev–Trinajstić information content (AvgIpc) is 2.28. The molecule has 0 heterocycles. The van der Waals surface area contributed by atoms with Crippen molar-refractivity contribution in [2.45, 2.75) is 13.5 Å². The highest BCUT2D eigenvalue weighted by atomic mass is 16.5. The van der Waals surface area contributed by atoms with Gasteiger partial charge in [0.15, 0.2) is 0 Å². The van der Waals surface area contributed by atoms with Gasteiger partial charge in [0, 0.05) is 0 Å². The molecule has 0 aliphatic heterocycles. The van der Waals surface area contributed by atoms with Crippen molar-refractivity contribution >= 4 is 0 Å². The van der Waals surface area contributed by atoms with Gasteiger partial charge in [0.2, 0.25) is 0 Å². The molecule has 82 valence electrons. The van der Waals surface area contributed by atoms with E-state index in [-0.39, 0.29) is 5.75 Å². The van der Waals surface area contributed by atoms with Crippen LogP contribution in [0.2, 0.25) is 0 Å². The van der Waals surface area contributed by atoms with Gasteiger partial charge in [-0.3, -0.25) is 0 Å². The lowest BCUT2D eigenvalue weighted by molar-refractivity contribution is 0.303. The van der Waals surface area contributed by atoms with Crippen LogP contribution in [-0.2, 0) is 6.61 Å². The van der Waals surface area contributed by atoms with Crippen LogP contribution in [0.5, 0.6) is 11.5 Å². The molecule has 2 heteroatoms. The van der Waals surface area contributed by atoms with Crippen LogP contribution in [0.1, 0.15) is 11.1 Å². The van der Waals surface area contributed by atoms with Crippen LogP contribution < -0.4 is 4.74 Å². The van der Waals surface area contributed by atoms with Gasteiger partial charge in [0.05, 0.1) is 0 Å². The summed E-state index contributed by atoms with van der Waals surface area (Å²) in [6, 6.07) is 15.0. The maximum Gasteiger partial charge on any atom is 0.122 e. The minimum Gasteiger partial charge on any atom is -0.508 e. The lowest BCUT2D eigenvalue weighted by Crippen LogP contribution is -1.96. The lowest BCUT2D eigenvalue weighted by atomic mass is 10.2. The number of benzene rings is 2. The first kappa shape index (κ1) is 10.6. The van der Waals surface area contributed by atoms with Crippen LogP contribution in [0.25, 0.3) is 0 Å². The number of aryl methyl sites for hydroxylation is 1. The van der Waals surface area contributed by atoms with Crippen molar-refractivity contribution in [2.24, 2.45) is 0 Å². The van der Waals surface area contributed by atoms with Gasteiger partial charge in [-0.15, -0.1) is 0 Å². The summed E-state index contributed by atoms with van der Waals surface area (Å²) >= 11 is 0. The SMILES string of the molecule is Cc1ccccc1OCc1cccc(O)c1. The molecule has 2 nitrogen and oxygen atoms in total. The zero-order valence-electron chi connectivity index (χ0n) is 9.18. The van der Waals surface area contributed by atoms with Crippen LogP contribution in [-0.4, -0.2) is 5.11 Å². The van der Waals surface area contributed by atoms with Gasteiger partial charge < -0.3 is 9.84 Å². The third kappa shape index (κ3) is 2.54. The molecule has 0 aliphatic carbocycles. The van der Waals surface area contributed by atoms with Crippen molar-refractivity contribution < 1.29 is 9.84 Å². The topological polar surface area (TPSA) is 29.5 Å². The second-order valence-electron chi connectivity index (χ2n) is 3.72. The number of aromatic hydroxyl groups is 1. The summed E-state index contributed by atoms with van der Waals surface area (Å²) in [5.41, 5.74) is 2.07. The third-order valence-electron chi connectivity index (χ3n) is 2.40. The average molecular weight is 214 g/mol. The second kappa shape index (κ2) is 4.71. The summed E-state index contributed by atoms with van der Waals surface area (Å²) < 4.78 is 5.67. The molecular weight excluding hydrogens is 200 g/mol. The Morgan fingerprint density at radius 2 is 1.88 bits per heavy atom. The molecule has 0 fully saturated rings. The zero-order chi connectivity index (χ0) is 11.4. The fourth-order valence-corrected chi connectivity index (χ4v) is 1.53. The molecule has 2 rings (SSSR count). The van der Waals surface area contributed by atoms with Crippen LogP contribution in [0.3, 0.4) is 0 Å². The van der Waals surface area contributed by atoms with Gasteiger partial charge in [-0.1, -0.05) is 30.3 Å². The number of phenols is 1. The van der Waals surface area contributed by atoms with Gasteiger partial charge in [-0.2, -0.15) is 0 Å². The van der Waals surface area contributed by atoms with E-state index in [1.165, 1.54) is 0 Å². The smallest absolute Gasteiger partial charge is 0.122 e. The maximum absolute atomic E-state index is 9.31. The van der Waals surface area contributed by atoms with E-state index in [9.17, 15) is 5.11 Å². The molecule has 0 atom stereocenters. The Kier molecular flexibility index (Phi) is 3.10. The van der Waals surface area contributed by atoms with E-state index in [0.717, 1.165) is 16.9 Å². The fourth-order valence-electron chi connectivity index (χ4n) is 1.53. The molecule has 0 saturated heterocycles. The molecule has 0 aliphatic rings. The molecule has 0 amide bonds. The second-order valence-corrected chi connectivity index (χ2v) is 3.72. The van der Waals surface area contributed by atoms with Crippen molar-refractivity contribution in [3.8, 4) is 11.5 Å². The lowest BCUT2D eigenvalue weighted by Gasteiger charge is -2.08. The summed E-state index contributed by atoms with van der Waals surface area (Å²) in [5, 5.41) is 9.31. The largest absolute Gasteiger partial charge is 0.508 e. The maximum atomic E-state index is 9.31. The quantitative estimate of drug-likeness (QED) is 0.849. The van der Waals surface area contributed by atoms with E-state index in [0.29, 0.717) is 6.61 Å². The number of hydrogen-bond acceptors (Lipinski definition) is 2. The van der Waals surface area contributed by atoms with Crippen molar-refractivity contribution in [1.82, 2.24) is 0 Å². The van der Waals surface area contributed by atoms with Crippen LogP contribution >= 0.6 is 0 Å². The van der Waals surface area contributed by atoms with Gasteiger partial charge >= 0.3 is 0 Å². The molecular formula is C14H14O2. The summed E-state index contributed by atoms with van der Waals surface area (Å²) in [7, 11) is 0. The number of para-hydroxylation sites is 1. The molecule has 2 aromatic rings. The standard InChI is InChI=1S/C14H14O2/c1-11-5-2-3-8-14(11)16-10-12-6-4-7-13(15)9-12/h2-9,15H,10H2,1H3. The van der Waals surface area contributed by atoms with Gasteiger partial charge in [0.25, 0.3) is 0 Å². The fraction of sp³-hybridized carbons (Fsp3) is 0.143. The molecule has 0 spiro atoms. The predicted octanol–water partition coefficient (Wildman–Crippen LogP) is 3.28. The van der Waals surface area contributed by atoms with Gasteiger partial charge in [-0.05, 0) is 36.2 Å². The van der Waals surface area contributed by atoms with Crippen molar-refractivity contribution in [1.29, 1.82) is 0 Å². The van der Waals surface area contributed by atoms with Crippen molar-refractivity contribution in [2.75, 3.05) is 0 Å². The first-order valence-corrected chi connectivity index (χ1v) is 5.22. The molecule has 0 bridgehead atoms. The molecule has 2 aromatic carbocycles. The molecule has 16 heavy (non-hydrogen) atoms. The minimum absolute atomic E-state index is 0.269. The number of ether oxygens (including phenoxy) is 1. The third-order valence-corrected chi connectivity index (χ3v) is 2.40. The Balaban J connectivity index is 2.05. The van der Waals surface area contributed by atoms with E-state index in [4.69, 9.17) is 4.74 Å². The van der Waals surface area contributed by atoms with Gasteiger partial charge in [0.1, 0.15) is 18.1 Å². The van der Waals surface area contributed by atoms with E-state index in [1.54, 1.807) is 12.1 Å². The first-order chi connectivity index (χ1) is 7.75. The highest BCUT2D eigenvalue weighted by Gasteiger charge is 1.99. The molecule has 0 unspecified atom stereocenters. The van der Waals surface area contributed by atoms with Crippen LogP contribution in [0.4, 0.5) is 0 Å². The van der Waals surface area contributed by atoms with Crippen molar-refractivity contribution in [3.05, 3.63) is 59.7 Å². The predicted molar refractivity (Wildman–Crippen MR) is 63.6 cm³/mol. The summed E-state index contributed by atoms with van der Waals surface area (Å²) in [5.74, 6) is 1.15.